The monoisotopic (exact) mass is 540 g/mol. The average molecular weight is 541 g/mol. The van der Waals surface area contributed by atoms with Gasteiger partial charge in [0.25, 0.3) is 16.8 Å². The number of benzene rings is 1. The number of hydrogen-bond acceptors (Lipinski definition) is 8. The summed E-state index contributed by atoms with van der Waals surface area (Å²) >= 11 is 0. The molecule has 2 saturated heterocycles. The van der Waals surface area contributed by atoms with E-state index in [0.29, 0.717) is 12.8 Å². The van der Waals surface area contributed by atoms with Gasteiger partial charge < -0.3 is 20.6 Å². The van der Waals surface area contributed by atoms with E-state index in [9.17, 15) is 27.9 Å². The zero-order chi connectivity index (χ0) is 27.6. The van der Waals surface area contributed by atoms with E-state index < -0.39 is 26.8 Å². The van der Waals surface area contributed by atoms with E-state index in [1.165, 1.54) is 21.3 Å². The largest absolute Gasteiger partial charge is 0.505 e. The maximum absolute atomic E-state index is 13.3. The first-order chi connectivity index (χ1) is 18.1. The van der Waals surface area contributed by atoms with Gasteiger partial charge in [0.05, 0.1) is 23.0 Å². The molecule has 2 unspecified atom stereocenters. The van der Waals surface area contributed by atoms with Crippen LogP contribution in [0, 0.1) is 0 Å². The molecule has 0 radical (unpaired) electrons. The van der Waals surface area contributed by atoms with Gasteiger partial charge in [0.1, 0.15) is 11.4 Å². The van der Waals surface area contributed by atoms with Crippen LogP contribution in [-0.2, 0) is 10.0 Å². The Labute approximate surface area is 221 Å². The summed E-state index contributed by atoms with van der Waals surface area (Å²) in [6, 6.07) is 4.00. The van der Waals surface area contributed by atoms with Gasteiger partial charge in [-0.3, -0.25) is 14.4 Å². The number of sulfonamides is 1. The molecule has 0 aliphatic carbocycles. The summed E-state index contributed by atoms with van der Waals surface area (Å²) in [4.78, 5) is 39.6. The van der Waals surface area contributed by atoms with Crippen LogP contribution in [0.15, 0.2) is 64.2 Å². The van der Waals surface area contributed by atoms with Crippen LogP contribution in [0.25, 0.3) is 0 Å². The number of aromatic hydroxyl groups is 1. The molecule has 1 amide bonds. The minimum Gasteiger partial charge on any atom is -0.505 e. The van der Waals surface area contributed by atoms with Gasteiger partial charge in [-0.25, -0.2) is 8.42 Å². The Bertz CT molecular complexity index is 1490. The van der Waals surface area contributed by atoms with Crippen LogP contribution in [0.5, 0.6) is 5.75 Å². The van der Waals surface area contributed by atoms with Crippen LogP contribution >= 0.6 is 0 Å². The second-order valence-corrected chi connectivity index (χ2v) is 11.4. The highest BCUT2D eigenvalue weighted by Crippen LogP contribution is 2.34. The number of fused-ring (bicyclic) bond motifs is 1. The highest BCUT2D eigenvalue weighted by Gasteiger charge is 2.42. The van der Waals surface area contributed by atoms with Gasteiger partial charge in [-0.2, -0.15) is 4.31 Å². The topological polar surface area (TPSA) is 136 Å². The number of piperazine rings is 1. The molecule has 0 aromatic heterocycles. The molecule has 38 heavy (non-hydrogen) atoms. The number of nitrogens with one attached hydrogen (secondary N) is 2. The number of phenolic OH excluding ortho intramolecular Hbond substituents is 1. The zero-order valence-electron chi connectivity index (χ0n) is 21.4. The van der Waals surface area contributed by atoms with Crippen molar-refractivity contribution in [2.45, 2.75) is 38.8 Å². The zero-order valence-corrected chi connectivity index (χ0v) is 22.3. The van der Waals surface area contributed by atoms with E-state index in [2.05, 4.69) is 17.2 Å². The number of allylic oxidation sites excluding steroid dienone is 3. The number of amides is 1. The molecular weight excluding hydrogens is 508 g/mol. The number of rotatable bonds is 9. The van der Waals surface area contributed by atoms with Crippen molar-refractivity contribution in [3.05, 3.63) is 80.7 Å². The summed E-state index contributed by atoms with van der Waals surface area (Å²) in [5.74, 6) is -0.722. The SMILES string of the molecule is C=CC(=CC=CC)C(CC)Nc1c(Nc2cccc(C(=O)N3CCN4C(CCS4(=O)=O)C3)c2O)c(=O)c1=O. The third-order valence-corrected chi connectivity index (χ3v) is 9.01. The van der Waals surface area contributed by atoms with Crippen molar-refractivity contribution in [3.63, 3.8) is 0 Å². The molecule has 4 rings (SSSR count). The van der Waals surface area contributed by atoms with Crippen molar-refractivity contribution < 1.29 is 18.3 Å². The van der Waals surface area contributed by atoms with E-state index in [4.69, 9.17) is 0 Å². The molecule has 0 spiro atoms. The molecule has 2 aromatic carbocycles. The van der Waals surface area contributed by atoms with Gasteiger partial charge in [0.15, 0.2) is 5.75 Å². The predicted octanol–water partition coefficient (Wildman–Crippen LogP) is 2.47. The molecule has 3 N–H and O–H groups in total. The molecule has 202 valence electrons. The van der Waals surface area contributed by atoms with E-state index in [-0.39, 0.29) is 65.8 Å². The molecule has 2 aliphatic heterocycles. The fraction of sp³-hybridized carbons (Fsp3) is 0.370. The van der Waals surface area contributed by atoms with Gasteiger partial charge in [-0.15, -0.1) is 0 Å². The van der Waals surface area contributed by atoms with Crippen LogP contribution in [0.4, 0.5) is 17.1 Å². The first kappa shape index (κ1) is 27.3. The smallest absolute Gasteiger partial charge is 0.257 e. The summed E-state index contributed by atoms with van der Waals surface area (Å²) in [5.41, 5.74) is -0.319. The molecule has 2 fully saturated rings. The number of nitrogens with zero attached hydrogens (tertiary/aromatic N) is 2. The Morgan fingerprint density at radius 2 is 1.97 bits per heavy atom. The van der Waals surface area contributed by atoms with Crippen molar-refractivity contribution in [2.24, 2.45) is 0 Å². The first-order valence-electron chi connectivity index (χ1n) is 12.6. The number of phenols is 1. The number of anilines is 3. The summed E-state index contributed by atoms with van der Waals surface area (Å²) in [6.45, 7) is 8.31. The van der Waals surface area contributed by atoms with Crippen LogP contribution in [0.1, 0.15) is 37.0 Å². The number of hydrogen-bond donors (Lipinski definition) is 3. The molecule has 2 aliphatic rings. The number of para-hydroxylation sites is 1. The van der Waals surface area contributed by atoms with Gasteiger partial charge in [0.2, 0.25) is 10.0 Å². The van der Waals surface area contributed by atoms with Crippen LogP contribution < -0.4 is 21.5 Å². The highest BCUT2D eigenvalue weighted by molar-refractivity contribution is 7.89. The van der Waals surface area contributed by atoms with E-state index >= 15 is 0 Å². The third-order valence-electron chi connectivity index (χ3n) is 7.06. The maximum atomic E-state index is 13.3. The van der Waals surface area contributed by atoms with Crippen molar-refractivity contribution in [2.75, 3.05) is 36.0 Å². The molecule has 10 nitrogen and oxygen atoms in total. The summed E-state index contributed by atoms with van der Waals surface area (Å²) in [6.07, 6.45) is 8.35. The molecule has 2 aromatic rings. The average Bonchev–Trinajstić information content (AvgIpc) is 3.23. The minimum atomic E-state index is -3.27. The Kier molecular flexibility index (Phi) is 7.89. The molecular formula is C27H32N4O6S. The number of carbonyl (C=O) groups excluding carboxylic acids is 1. The fourth-order valence-corrected chi connectivity index (χ4v) is 6.72. The lowest BCUT2D eigenvalue weighted by molar-refractivity contribution is 0.0638. The Hall–Kier alpha value is -3.70. The van der Waals surface area contributed by atoms with Crippen molar-refractivity contribution in [1.82, 2.24) is 9.21 Å². The van der Waals surface area contributed by atoms with Gasteiger partial charge in [0, 0.05) is 25.7 Å². The lowest BCUT2D eigenvalue weighted by Gasteiger charge is -2.36. The molecule has 11 heteroatoms. The van der Waals surface area contributed by atoms with Crippen molar-refractivity contribution >= 4 is 33.0 Å². The Morgan fingerprint density at radius 1 is 1.24 bits per heavy atom. The van der Waals surface area contributed by atoms with Crippen LogP contribution in [0.3, 0.4) is 0 Å². The van der Waals surface area contributed by atoms with E-state index in [0.717, 1.165) is 5.57 Å². The fourth-order valence-electron chi connectivity index (χ4n) is 4.93. The summed E-state index contributed by atoms with van der Waals surface area (Å²) < 4.78 is 25.7. The third kappa shape index (κ3) is 5.03. The predicted molar refractivity (Wildman–Crippen MR) is 148 cm³/mol. The van der Waals surface area contributed by atoms with Crippen molar-refractivity contribution in [1.29, 1.82) is 0 Å². The van der Waals surface area contributed by atoms with E-state index in [1.54, 1.807) is 12.1 Å². The van der Waals surface area contributed by atoms with E-state index in [1.807, 2.05) is 32.1 Å². The second kappa shape index (κ2) is 11.0. The first-order valence-corrected chi connectivity index (χ1v) is 14.2. The minimum absolute atomic E-state index is 0.00701. The summed E-state index contributed by atoms with van der Waals surface area (Å²) in [7, 11) is -3.27. The Balaban J connectivity index is 1.54. The lowest BCUT2D eigenvalue weighted by atomic mass is 10.0. The Morgan fingerprint density at radius 3 is 2.66 bits per heavy atom. The maximum Gasteiger partial charge on any atom is 0.257 e. The van der Waals surface area contributed by atoms with Crippen LogP contribution in [0.2, 0.25) is 0 Å². The molecule has 0 saturated carbocycles. The standard InChI is InChI=1S/C27H32N4O6S/c1-4-7-9-17(5-2)20(6-3)28-22-23(26(34)25(22)33)29-21-11-8-10-19(24(21)32)27(35)30-13-14-31-18(16-30)12-15-38(31,36)37/h4-5,7-11,18,20,28-29,32H,2,6,12-16H2,1,3H3. The highest BCUT2D eigenvalue weighted by atomic mass is 32.2. The lowest BCUT2D eigenvalue weighted by Crippen LogP contribution is -2.53. The second-order valence-electron chi connectivity index (χ2n) is 9.36. The molecule has 2 atom stereocenters. The van der Waals surface area contributed by atoms with Crippen LogP contribution in [-0.4, -0.2) is 66.1 Å². The van der Waals surface area contributed by atoms with Gasteiger partial charge in [-0.1, -0.05) is 43.9 Å². The summed E-state index contributed by atoms with van der Waals surface area (Å²) in [5, 5.41) is 16.9. The number of carbonyl (C=O) groups is 1. The molecule has 0 bridgehead atoms. The van der Waals surface area contributed by atoms with Gasteiger partial charge >= 0.3 is 0 Å². The van der Waals surface area contributed by atoms with Gasteiger partial charge in [-0.05, 0) is 37.5 Å². The molecule has 2 heterocycles. The quantitative estimate of drug-likeness (QED) is 0.251. The normalized spacial score (nSPS) is 20.4. The van der Waals surface area contributed by atoms with Crippen molar-refractivity contribution in [3.8, 4) is 5.75 Å².